The molecule has 0 bridgehead atoms. The number of aromatic nitrogens is 1. The van der Waals surface area contributed by atoms with E-state index < -0.39 is 16.3 Å². The Balaban J connectivity index is 2.26. The summed E-state index contributed by atoms with van der Waals surface area (Å²) in [5.41, 5.74) is 0.441. The van der Waals surface area contributed by atoms with E-state index in [0.29, 0.717) is 17.7 Å². The normalized spacial score (nSPS) is 10.6. The molecule has 0 amide bonds. The van der Waals surface area contributed by atoms with Gasteiger partial charge in [0.25, 0.3) is 5.69 Å². The third-order valence-corrected chi connectivity index (χ3v) is 4.28. The van der Waals surface area contributed by atoms with Crippen LogP contribution in [0.4, 0.5) is 17.1 Å². The second kappa shape index (κ2) is 7.91. The Morgan fingerprint density at radius 1 is 1.21 bits per heavy atom. The number of carbonyl (C=O) groups excluding carboxylic acids is 1. The molecule has 8 heteroatoms. The van der Waals surface area contributed by atoms with Crippen molar-refractivity contribution in [3.63, 3.8) is 0 Å². The molecule has 2 aromatic carbocycles. The Bertz CT molecular complexity index is 1110. The average molecular weight is 381 g/mol. The number of esters is 1. The van der Waals surface area contributed by atoms with Gasteiger partial charge < -0.3 is 14.6 Å². The van der Waals surface area contributed by atoms with Crippen molar-refractivity contribution < 1.29 is 14.5 Å². The number of nitro groups is 1. The highest BCUT2D eigenvalue weighted by molar-refractivity contribution is 5.96. The van der Waals surface area contributed by atoms with E-state index in [1.54, 1.807) is 29.7 Å². The maximum Gasteiger partial charge on any atom is 0.343 e. The van der Waals surface area contributed by atoms with Crippen molar-refractivity contribution in [2.75, 3.05) is 11.9 Å². The number of para-hydroxylation sites is 1. The van der Waals surface area contributed by atoms with Gasteiger partial charge in [0.2, 0.25) is 5.43 Å². The van der Waals surface area contributed by atoms with E-state index in [1.165, 1.54) is 12.3 Å². The van der Waals surface area contributed by atoms with E-state index >= 15 is 0 Å². The third-order valence-electron chi connectivity index (χ3n) is 4.28. The smallest absolute Gasteiger partial charge is 0.343 e. The molecule has 8 nitrogen and oxygen atoms in total. The molecule has 0 unspecified atom stereocenters. The lowest BCUT2D eigenvalue weighted by Crippen LogP contribution is -2.21. The van der Waals surface area contributed by atoms with Gasteiger partial charge in [-0.3, -0.25) is 14.9 Å². The van der Waals surface area contributed by atoms with Crippen molar-refractivity contribution >= 4 is 33.9 Å². The summed E-state index contributed by atoms with van der Waals surface area (Å²) in [7, 11) is 0. The first-order valence-corrected chi connectivity index (χ1v) is 8.81. The van der Waals surface area contributed by atoms with Gasteiger partial charge in [-0.15, -0.1) is 0 Å². The van der Waals surface area contributed by atoms with Gasteiger partial charge in [0.15, 0.2) is 0 Å². The number of aryl methyl sites for hydroxylation is 1. The van der Waals surface area contributed by atoms with Crippen LogP contribution in [0.2, 0.25) is 0 Å². The summed E-state index contributed by atoms with van der Waals surface area (Å²) in [4.78, 5) is 36.0. The number of pyridine rings is 1. The molecule has 1 heterocycles. The van der Waals surface area contributed by atoms with Crippen molar-refractivity contribution in [2.24, 2.45) is 0 Å². The molecule has 144 valence electrons. The van der Waals surface area contributed by atoms with Crippen LogP contribution in [0.25, 0.3) is 10.9 Å². The minimum absolute atomic E-state index is 0.0951. The Kier molecular flexibility index (Phi) is 5.39. The number of rotatable bonds is 6. The first-order valence-electron chi connectivity index (χ1n) is 8.81. The zero-order valence-corrected chi connectivity index (χ0v) is 15.5. The number of nitro benzene ring substituents is 1. The molecule has 0 saturated carbocycles. The van der Waals surface area contributed by atoms with Crippen LogP contribution >= 0.6 is 0 Å². The Morgan fingerprint density at radius 3 is 2.54 bits per heavy atom. The van der Waals surface area contributed by atoms with Crippen molar-refractivity contribution in [1.82, 2.24) is 4.57 Å². The number of benzene rings is 2. The molecular formula is C20H19N3O5. The van der Waals surface area contributed by atoms with Gasteiger partial charge >= 0.3 is 5.97 Å². The summed E-state index contributed by atoms with van der Waals surface area (Å²) in [5, 5.41) is 14.7. The maximum absolute atomic E-state index is 12.8. The van der Waals surface area contributed by atoms with Crippen molar-refractivity contribution in [2.45, 2.75) is 20.4 Å². The highest BCUT2D eigenvalue weighted by atomic mass is 16.6. The number of nitrogens with zero attached hydrogens (tertiary/aromatic N) is 2. The monoisotopic (exact) mass is 381 g/mol. The first kappa shape index (κ1) is 19.1. The second-order valence-electron chi connectivity index (χ2n) is 6.01. The van der Waals surface area contributed by atoms with Crippen molar-refractivity contribution in [3.8, 4) is 0 Å². The zero-order valence-electron chi connectivity index (χ0n) is 15.5. The predicted molar refractivity (Wildman–Crippen MR) is 106 cm³/mol. The summed E-state index contributed by atoms with van der Waals surface area (Å²) in [5.74, 6) is -0.745. The van der Waals surface area contributed by atoms with Gasteiger partial charge in [-0.1, -0.05) is 18.2 Å². The molecular weight excluding hydrogens is 362 g/mol. The van der Waals surface area contributed by atoms with Gasteiger partial charge in [-0.25, -0.2) is 4.79 Å². The number of anilines is 2. The highest BCUT2D eigenvalue weighted by Gasteiger charge is 2.22. The summed E-state index contributed by atoms with van der Waals surface area (Å²) in [6.07, 6.45) is 1.43. The molecule has 3 aromatic rings. The van der Waals surface area contributed by atoms with E-state index in [-0.39, 0.29) is 28.9 Å². The molecule has 28 heavy (non-hydrogen) atoms. The largest absolute Gasteiger partial charge is 0.462 e. The van der Waals surface area contributed by atoms with Crippen LogP contribution in [0, 0.1) is 10.1 Å². The number of fused-ring (bicyclic) bond motifs is 1. The van der Waals surface area contributed by atoms with Crippen LogP contribution < -0.4 is 10.7 Å². The Hall–Kier alpha value is -3.68. The predicted octanol–water partition coefficient (Wildman–Crippen LogP) is 3.85. The minimum atomic E-state index is -0.745. The lowest BCUT2D eigenvalue weighted by molar-refractivity contribution is -0.383. The van der Waals surface area contributed by atoms with Crippen molar-refractivity contribution in [1.29, 1.82) is 0 Å². The molecule has 1 N–H and O–H groups in total. The molecule has 0 atom stereocenters. The summed E-state index contributed by atoms with van der Waals surface area (Å²) >= 11 is 0. The van der Waals surface area contributed by atoms with Gasteiger partial charge in [-0.2, -0.15) is 0 Å². The SMILES string of the molecule is CCOC(=O)c1cn(CC)c2cc(Nc3ccccc3)c([N+](=O)[O-])cc2c1=O. The summed E-state index contributed by atoms with van der Waals surface area (Å²) < 4.78 is 6.64. The number of hydrogen-bond donors (Lipinski definition) is 1. The minimum Gasteiger partial charge on any atom is -0.462 e. The Morgan fingerprint density at radius 2 is 1.93 bits per heavy atom. The maximum atomic E-state index is 12.8. The summed E-state index contributed by atoms with van der Waals surface area (Å²) in [6.45, 7) is 4.09. The molecule has 3 rings (SSSR count). The number of carbonyl (C=O) groups is 1. The molecule has 0 spiro atoms. The second-order valence-corrected chi connectivity index (χ2v) is 6.01. The zero-order chi connectivity index (χ0) is 20.3. The fourth-order valence-corrected chi connectivity index (χ4v) is 2.97. The standard InChI is InChI=1S/C20H19N3O5/c1-3-22-12-15(20(25)28-4-2)19(24)14-10-18(23(26)27)16(11-17(14)22)21-13-8-6-5-7-9-13/h5-12,21H,3-4H2,1-2H3. The molecule has 0 aliphatic rings. The van der Waals surface area contributed by atoms with Crippen LogP contribution in [0.3, 0.4) is 0 Å². The first-order chi connectivity index (χ1) is 13.5. The van der Waals surface area contributed by atoms with Gasteiger partial charge in [-0.05, 0) is 32.0 Å². The van der Waals surface area contributed by atoms with E-state index in [0.717, 1.165) is 0 Å². The van der Waals surface area contributed by atoms with E-state index in [4.69, 9.17) is 4.74 Å². The van der Waals surface area contributed by atoms with Crippen LogP contribution in [0.1, 0.15) is 24.2 Å². The quantitative estimate of drug-likeness (QED) is 0.395. The van der Waals surface area contributed by atoms with Crippen molar-refractivity contribution in [3.05, 3.63) is 74.6 Å². The molecule has 0 aliphatic carbocycles. The van der Waals surface area contributed by atoms with Crippen LogP contribution in [0.15, 0.2) is 53.5 Å². The van der Waals surface area contributed by atoms with Crippen LogP contribution in [-0.2, 0) is 11.3 Å². The van der Waals surface area contributed by atoms with Gasteiger partial charge in [0.1, 0.15) is 11.3 Å². The van der Waals surface area contributed by atoms with E-state index in [2.05, 4.69) is 5.32 Å². The van der Waals surface area contributed by atoms with Crippen LogP contribution in [0.5, 0.6) is 0 Å². The number of ether oxygens (including phenoxy) is 1. The summed E-state index contributed by atoms with van der Waals surface area (Å²) in [6, 6.07) is 11.8. The highest BCUT2D eigenvalue weighted by Crippen LogP contribution is 2.31. The number of nitrogens with one attached hydrogen (secondary N) is 1. The topological polar surface area (TPSA) is 103 Å². The third kappa shape index (κ3) is 3.57. The Labute approximate surface area is 160 Å². The molecule has 0 aliphatic heterocycles. The van der Waals surface area contributed by atoms with E-state index in [1.807, 2.05) is 25.1 Å². The molecule has 0 saturated heterocycles. The molecule has 0 radical (unpaired) electrons. The van der Waals surface area contributed by atoms with Gasteiger partial charge in [0, 0.05) is 24.5 Å². The fourth-order valence-electron chi connectivity index (χ4n) is 2.97. The lowest BCUT2D eigenvalue weighted by atomic mass is 10.1. The molecule has 0 fully saturated rings. The fraction of sp³-hybridized carbons (Fsp3) is 0.200. The lowest BCUT2D eigenvalue weighted by Gasteiger charge is -2.14. The number of hydrogen-bond acceptors (Lipinski definition) is 6. The van der Waals surface area contributed by atoms with E-state index in [9.17, 15) is 19.7 Å². The average Bonchev–Trinajstić information content (AvgIpc) is 2.68. The van der Waals surface area contributed by atoms with Gasteiger partial charge in [0.05, 0.1) is 22.4 Å². The van der Waals surface area contributed by atoms with Crippen LogP contribution in [-0.4, -0.2) is 22.1 Å². The molecule has 1 aromatic heterocycles.